The lowest BCUT2D eigenvalue weighted by molar-refractivity contribution is -0.221. The van der Waals surface area contributed by atoms with Crippen molar-refractivity contribution >= 4 is 5.91 Å². The molecule has 1 aliphatic carbocycles. The number of halogens is 3. The smallest absolute Gasteiger partial charge is 0.345 e. The molecule has 6 heteroatoms. The summed E-state index contributed by atoms with van der Waals surface area (Å²) in [5.74, 6) is 0.126. The molecule has 104 valence electrons. The van der Waals surface area contributed by atoms with Crippen LogP contribution in [0, 0.1) is 17.3 Å². The SMILES string of the molecule is CC1CC1CN(C)C(=O)C1(C(F)(F)F)CCNC1. The molecule has 0 aromatic carbocycles. The molecule has 0 aromatic heterocycles. The lowest BCUT2D eigenvalue weighted by Crippen LogP contribution is -2.53. The van der Waals surface area contributed by atoms with E-state index in [0.29, 0.717) is 18.4 Å². The summed E-state index contributed by atoms with van der Waals surface area (Å²) in [7, 11) is 1.49. The van der Waals surface area contributed by atoms with Gasteiger partial charge in [0.1, 0.15) is 0 Å². The Balaban J connectivity index is 2.08. The van der Waals surface area contributed by atoms with Crippen LogP contribution in [0.15, 0.2) is 0 Å². The number of nitrogens with one attached hydrogen (secondary N) is 1. The molecular weight excluding hydrogens is 245 g/mol. The molecule has 1 saturated heterocycles. The normalized spacial score (nSPS) is 35.6. The van der Waals surface area contributed by atoms with Gasteiger partial charge in [-0.15, -0.1) is 0 Å². The van der Waals surface area contributed by atoms with E-state index in [2.05, 4.69) is 12.2 Å². The Labute approximate surface area is 105 Å². The number of amides is 1. The molecule has 2 aliphatic rings. The highest BCUT2D eigenvalue weighted by Crippen LogP contribution is 2.45. The molecule has 1 N–H and O–H groups in total. The quantitative estimate of drug-likeness (QED) is 0.840. The second-order valence-corrected chi connectivity index (χ2v) is 5.67. The Hall–Kier alpha value is -0.780. The van der Waals surface area contributed by atoms with Gasteiger partial charge in [0.2, 0.25) is 5.91 Å². The van der Waals surface area contributed by atoms with Gasteiger partial charge < -0.3 is 10.2 Å². The standard InChI is InChI=1S/C12H19F3N2O/c1-8-5-9(8)6-17(2)10(18)11(12(13,14)15)3-4-16-7-11/h8-9,16H,3-7H2,1-2H3. The van der Waals surface area contributed by atoms with Crippen molar-refractivity contribution in [2.75, 3.05) is 26.7 Å². The predicted molar refractivity (Wildman–Crippen MR) is 60.9 cm³/mol. The van der Waals surface area contributed by atoms with Gasteiger partial charge in [0.15, 0.2) is 5.41 Å². The Bertz CT molecular complexity index is 337. The molecule has 18 heavy (non-hydrogen) atoms. The van der Waals surface area contributed by atoms with Crippen LogP contribution in [0.25, 0.3) is 0 Å². The highest BCUT2D eigenvalue weighted by Gasteiger charge is 2.62. The van der Waals surface area contributed by atoms with Gasteiger partial charge in [-0.3, -0.25) is 4.79 Å². The molecule has 0 aromatic rings. The van der Waals surface area contributed by atoms with Gasteiger partial charge in [-0.2, -0.15) is 13.2 Å². The van der Waals surface area contributed by atoms with Crippen molar-refractivity contribution < 1.29 is 18.0 Å². The van der Waals surface area contributed by atoms with E-state index in [-0.39, 0.29) is 19.5 Å². The van der Waals surface area contributed by atoms with Crippen LogP contribution in [-0.2, 0) is 4.79 Å². The van der Waals surface area contributed by atoms with Gasteiger partial charge >= 0.3 is 6.18 Å². The van der Waals surface area contributed by atoms with Crippen molar-refractivity contribution in [3.63, 3.8) is 0 Å². The third-order valence-corrected chi connectivity index (χ3v) is 4.24. The maximum absolute atomic E-state index is 13.2. The third-order valence-electron chi connectivity index (χ3n) is 4.24. The van der Waals surface area contributed by atoms with Crippen LogP contribution in [0.5, 0.6) is 0 Å². The van der Waals surface area contributed by atoms with E-state index in [1.165, 1.54) is 11.9 Å². The van der Waals surface area contributed by atoms with Crippen LogP contribution in [0.2, 0.25) is 0 Å². The minimum absolute atomic E-state index is 0.153. The zero-order valence-electron chi connectivity index (χ0n) is 10.7. The number of hydrogen-bond acceptors (Lipinski definition) is 2. The monoisotopic (exact) mass is 264 g/mol. The van der Waals surface area contributed by atoms with Crippen LogP contribution in [0.3, 0.4) is 0 Å². The second-order valence-electron chi connectivity index (χ2n) is 5.67. The fourth-order valence-electron chi connectivity index (χ4n) is 2.69. The topological polar surface area (TPSA) is 32.3 Å². The molecule has 1 aliphatic heterocycles. The van der Waals surface area contributed by atoms with E-state index >= 15 is 0 Å². The summed E-state index contributed by atoms with van der Waals surface area (Å²) in [6.45, 7) is 2.45. The van der Waals surface area contributed by atoms with Gasteiger partial charge in [-0.25, -0.2) is 0 Å². The first-order valence-corrected chi connectivity index (χ1v) is 6.31. The average Bonchev–Trinajstić information content (AvgIpc) is 2.81. The van der Waals surface area contributed by atoms with Crippen molar-refractivity contribution in [3.05, 3.63) is 0 Å². The summed E-state index contributed by atoms with van der Waals surface area (Å²) in [5.41, 5.74) is -2.21. The molecule has 3 atom stereocenters. The van der Waals surface area contributed by atoms with Crippen molar-refractivity contribution in [1.82, 2.24) is 10.2 Å². The fraction of sp³-hybridized carbons (Fsp3) is 0.917. The number of rotatable bonds is 3. The number of carbonyl (C=O) groups is 1. The maximum atomic E-state index is 13.2. The summed E-state index contributed by atoms with van der Waals surface area (Å²) < 4.78 is 39.5. The lowest BCUT2D eigenvalue weighted by atomic mass is 9.84. The predicted octanol–water partition coefficient (Wildman–Crippen LogP) is 1.64. The van der Waals surface area contributed by atoms with E-state index in [4.69, 9.17) is 0 Å². The Morgan fingerprint density at radius 3 is 2.50 bits per heavy atom. The number of hydrogen-bond donors (Lipinski definition) is 1. The van der Waals surface area contributed by atoms with Crippen molar-refractivity contribution in [3.8, 4) is 0 Å². The molecule has 0 spiro atoms. The summed E-state index contributed by atoms with van der Waals surface area (Å²) in [6, 6.07) is 0. The van der Waals surface area contributed by atoms with E-state index in [1.807, 2.05) is 0 Å². The van der Waals surface area contributed by atoms with Crippen molar-refractivity contribution in [2.24, 2.45) is 17.3 Å². The summed E-state index contributed by atoms with van der Waals surface area (Å²) in [5, 5.41) is 2.67. The first-order valence-electron chi connectivity index (χ1n) is 6.31. The van der Waals surface area contributed by atoms with E-state index in [1.54, 1.807) is 0 Å². The number of alkyl halides is 3. The van der Waals surface area contributed by atoms with Crippen LogP contribution in [0.4, 0.5) is 13.2 Å². The molecule has 2 fully saturated rings. The van der Waals surface area contributed by atoms with E-state index in [0.717, 1.165) is 6.42 Å². The van der Waals surface area contributed by atoms with E-state index in [9.17, 15) is 18.0 Å². The molecule has 3 unspecified atom stereocenters. The lowest BCUT2D eigenvalue weighted by Gasteiger charge is -2.33. The fourth-order valence-corrected chi connectivity index (χ4v) is 2.69. The molecule has 1 amide bonds. The molecule has 0 bridgehead atoms. The molecular formula is C12H19F3N2O. The molecule has 0 radical (unpaired) electrons. The maximum Gasteiger partial charge on any atom is 0.404 e. The highest BCUT2D eigenvalue weighted by molar-refractivity contribution is 5.84. The highest BCUT2D eigenvalue weighted by atomic mass is 19.4. The van der Waals surface area contributed by atoms with Crippen LogP contribution in [0.1, 0.15) is 19.8 Å². The first kappa shape index (κ1) is 13.6. The van der Waals surface area contributed by atoms with Crippen LogP contribution < -0.4 is 5.32 Å². The first-order chi connectivity index (χ1) is 8.28. The second kappa shape index (κ2) is 4.40. The van der Waals surface area contributed by atoms with Crippen molar-refractivity contribution in [1.29, 1.82) is 0 Å². The van der Waals surface area contributed by atoms with Gasteiger partial charge in [-0.1, -0.05) is 6.92 Å². The van der Waals surface area contributed by atoms with Crippen LogP contribution >= 0.6 is 0 Å². The van der Waals surface area contributed by atoms with Gasteiger partial charge in [0.25, 0.3) is 0 Å². The summed E-state index contributed by atoms with van der Waals surface area (Å²) in [4.78, 5) is 13.4. The van der Waals surface area contributed by atoms with Crippen LogP contribution in [-0.4, -0.2) is 43.7 Å². The molecule has 3 nitrogen and oxygen atoms in total. The largest absolute Gasteiger partial charge is 0.404 e. The summed E-state index contributed by atoms with van der Waals surface area (Å²) in [6.07, 6.45) is -3.62. The Kier molecular flexibility index (Phi) is 3.34. The van der Waals surface area contributed by atoms with E-state index < -0.39 is 17.5 Å². The van der Waals surface area contributed by atoms with Gasteiger partial charge in [0.05, 0.1) is 0 Å². The minimum Gasteiger partial charge on any atom is -0.345 e. The number of carbonyl (C=O) groups excluding carboxylic acids is 1. The number of nitrogens with zero attached hydrogens (tertiary/aromatic N) is 1. The zero-order valence-corrected chi connectivity index (χ0v) is 10.7. The van der Waals surface area contributed by atoms with Gasteiger partial charge in [-0.05, 0) is 31.2 Å². The zero-order chi connectivity index (χ0) is 13.6. The Morgan fingerprint density at radius 1 is 1.50 bits per heavy atom. The summed E-state index contributed by atoms with van der Waals surface area (Å²) >= 11 is 0. The molecule has 1 heterocycles. The van der Waals surface area contributed by atoms with Gasteiger partial charge in [0, 0.05) is 20.1 Å². The third kappa shape index (κ3) is 2.22. The molecule has 2 rings (SSSR count). The molecule has 1 saturated carbocycles. The average molecular weight is 264 g/mol. The minimum atomic E-state index is -4.48. The van der Waals surface area contributed by atoms with Crippen molar-refractivity contribution in [2.45, 2.75) is 25.9 Å². The Morgan fingerprint density at radius 2 is 2.11 bits per heavy atom.